The van der Waals surface area contributed by atoms with Gasteiger partial charge in [0, 0.05) is 5.02 Å². The van der Waals surface area contributed by atoms with Gasteiger partial charge in [0.1, 0.15) is 6.54 Å². The van der Waals surface area contributed by atoms with Gasteiger partial charge in [0.15, 0.2) is 11.5 Å². The molecule has 1 aliphatic rings. The first kappa shape index (κ1) is 15.1. The van der Waals surface area contributed by atoms with Gasteiger partial charge < -0.3 is 15.1 Å². The van der Waals surface area contributed by atoms with Gasteiger partial charge in [-0.1, -0.05) is 23.7 Å². The molecule has 2 N–H and O–H groups in total. The molecule has 0 aromatic heterocycles. The summed E-state index contributed by atoms with van der Waals surface area (Å²) in [6.45, 7) is 0.596. The van der Waals surface area contributed by atoms with E-state index in [4.69, 9.17) is 16.7 Å². The predicted octanol–water partition coefficient (Wildman–Crippen LogP) is 1.71. The molecular formula is C14H12ClNO5. The van der Waals surface area contributed by atoms with E-state index in [0.717, 1.165) is 4.90 Å². The predicted molar refractivity (Wildman–Crippen MR) is 73.9 cm³/mol. The third-order valence-corrected chi connectivity index (χ3v) is 3.43. The van der Waals surface area contributed by atoms with Gasteiger partial charge in [-0.3, -0.25) is 14.4 Å². The number of Topliss-reactive ketones (excluding diaryl/α,β-unsaturated/α-hetero) is 1. The number of halogens is 1. The molecule has 110 valence electrons. The number of carboxylic acids is 1. The van der Waals surface area contributed by atoms with Gasteiger partial charge in [-0.2, -0.15) is 0 Å². The number of benzene rings is 1. The van der Waals surface area contributed by atoms with Crippen LogP contribution < -0.4 is 0 Å². The van der Waals surface area contributed by atoms with Crippen LogP contribution in [0.5, 0.6) is 0 Å². The summed E-state index contributed by atoms with van der Waals surface area (Å²) in [4.78, 5) is 35.6. The SMILES string of the molecule is CC(=O)C1=C(O)C(=O)N(CC(=O)O)C1c1ccc(Cl)cc1. The molecule has 0 spiro atoms. The van der Waals surface area contributed by atoms with Gasteiger partial charge in [0.25, 0.3) is 5.91 Å². The van der Waals surface area contributed by atoms with Crippen molar-refractivity contribution in [2.45, 2.75) is 13.0 Å². The van der Waals surface area contributed by atoms with Crippen molar-refractivity contribution in [3.8, 4) is 0 Å². The summed E-state index contributed by atoms with van der Waals surface area (Å²) < 4.78 is 0. The second kappa shape index (κ2) is 5.57. The first-order chi connectivity index (χ1) is 9.82. The summed E-state index contributed by atoms with van der Waals surface area (Å²) in [6.07, 6.45) is 0. The fourth-order valence-corrected chi connectivity index (χ4v) is 2.44. The van der Waals surface area contributed by atoms with Crippen molar-refractivity contribution < 1.29 is 24.6 Å². The highest BCUT2D eigenvalue weighted by Gasteiger charge is 2.43. The van der Waals surface area contributed by atoms with Gasteiger partial charge in [0.2, 0.25) is 0 Å². The molecule has 0 radical (unpaired) electrons. The van der Waals surface area contributed by atoms with Crippen LogP contribution in [0.3, 0.4) is 0 Å². The molecule has 0 bridgehead atoms. The fraction of sp³-hybridized carbons (Fsp3) is 0.214. The van der Waals surface area contributed by atoms with E-state index in [2.05, 4.69) is 0 Å². The molecule has 1 aromatic carbocycles. The van der Waals surface area contributed by atoms with Crippen LogP contribution in [0.1, 0.15) is 18.5 Å². The van der Waals surface area contributed by atoms with Crippen LogP contribution >= 0.6 is 11.6 Å². The number of carbonyl (C=O) groups excluding carboxylic acids is 2. The quantitative estimate of drug-likeness (QED) is 0.883. The van der Waals surface area contributed by atoms with Crippen molar-refractivity contribution in [2.75, 3.05) is 6.54 Å². The van der Waals surface area contributed by atoms with Crippen LogP contribution in [-0.2, 0) is 14.4 Å². The first-order valence-corrected chi connectivity index (χ1v) is 6.43. The average Bonchev–Trinajstić information content (AvgIpc) is 2.64. The van der Waals surface area contributed by atoms with Gasteiger partial charge >= 0.3 is 5.97 Å². The van der Waals surface area contributed by atoms with Crippen LogP contribution in [0, 0.1) is 0 Å². The zero-order valence-corrected chi connectivity index (χ0v) is 11.8. The number of carbonyl (C=O) groups is 3. The smallest absolute Gasteiger partial charge is 0.323 e. The molecule has 1 atom stereocenters. The molecule has 6 nitrogen and oxygen atoms in total. The maximum absolute atomic E-state index is 12.0. The fourth-order valence-electron chi connectivity index (χ4n) is 2.31. The molecule has 1 aromatic rings. The number of hydrogen-bond acceptors (Lipinski definition) is 4. The molecule has 2 rings (SSSR count). The summed E-state index contributed by atoms with van der Waals surface area (Å²) >= 11 is 5.79. The second-order valence-electron chi connectivity index (χ2n) is 4.60. The number of nitrogens with zero attached hydrogens (tertiary/aromatic N) is 1. The number of aliphatic carboxylic acids is 1. The molecule has 1 aliphatic heterocycles. The van der Waals surface area contributed by atoms with E-state index >= 15 is 0 Å². The van der Waals surface area contributed by atoms with Crippen molar-refractivity contribution in [1.29, 1.82) is 0 Å². The Morgan fingerprint density at radius 3 is 2.33 bits per heavy atom. The number of carboxylic acid groups (broad SMARTS) is 1. The molecule has 1 amide bonds. The Hall–Kier alpha value is -2.34. The Morgan fingerprint density at radius 1 is 1.29 bits per heavy atom. The Balaban J connectivity index is 2.53. The van der Waals surface area contributed by atoms with Crippen LogP contribution in [0.15, 0.2) is 35.6 Å². The number of hydrogen-bond donors (Lipinski definition) is 2. The van der Waals surface area contributed by atoms with Gasteiger partial charge in [-0.25, -0.2) is 0 Å². The minimum atomic E-state index is -1.24. The lowest BCUT2D eigenvalue weighted by atomic mass is 9.97. The van der Waals surface area contributed by atoms with E-state index in [0.29, 0.717) is 10.6 Å². The van der Waals surface area contributed by atoms with Crippen LogP contribution in [0.2, 0.25) is 5.02 Å². The summed E-state index contributed by atoms with van der Waals surface area (Å²) in [6, 6.07) is 5.36. The first-order valence-electron chi connectivity index (χ1n) is 6.05. The molecule has 0 saturated heterocycles. The van der Waals surface area contributed by atoms with Gasteiger partial charge in [-0.15, -0.1) is 0 Å². The molecule has 1 heterocycles. The maximum atomic E-state index is 12.0. The summed E-state index contributed by atoms with van der Waals surface area (Å²) in [5.74, 6) is -3.31. The Morgan fingerprint density at radius 2 is 1.86 bits per heavy atom. The van der Waals surface area contributed by atoms with Crippen molar-refractivity contribution in [3.05, 3.63) is 46.2 Å². The van der Waals surface area contributed by atoms with E-state index in [1.165, 1.54) is 6.92 Å². The monoisotopic (exact) mass is 309 g/mol. The number of aliphatic hydroxyl groups is 1. The standard InChI is InChI=1S/C14H12ClNO5/c1-7(17)11-12(8-2-4-9(15)5-3-8)16(6-10(18)19)14(21)13(11)20/h2-5,12,20H,6H2,1H3,(H,18,19). The van der Waals surface area contributed by atoms with Gasteiger partial charge in [-0.05, 0) is 24.6 Å². The molecule has 0 aliphatic carbocycles. The topological polar surface area (TPSA) is 94.9 Å². The minimum Gasteiger partial charge on any atom is -0.503 e. The second-order valence-corrected chi connectivity index (χ2v) is 5.04. The molecule has 0 saturated carbocycles. The van der Waals surface area contributed by atoms with E-state index in [-0.39, 0.29) is 5.57 Å². The van der Waals surface area contributed by atoms with E-state index in [1.807, 2.05) is 0 Å². The number of aliphatic hydroxyl groups excluding tert-OH is 1. The highest BCUT2D eigenvalue weighted by molar-refractivity contribution is 6.30. The summed E-state index contributed by atoms with van der Waals surface area (Å²) in [5.41, 5.74) is 0.395. The third kappa shape index (κ3) is 2.75. The Bertz CT molecular complexity index is 650. The Kier molecular flexibility index (Phi) is 3.99. The zero-order valence-electron chi connectivity index (χ0n) is 11.0. The molecular weight excluding hydrogens is 298 g/mol. The number of amides is 1. The molecule has 0 fully saturated rings. The average molecular weight is 310 g/mol. The Labute approximate surface area is 125 Å². The number of rotatable bonds is 4. The highest BCUT2D eigenvalue weighted by Crippen LogP contribution is 2.37. The highest BCUT2D eigenvalue weighted by atomic mass is 35.5. The van der Waals surface area contributed by atoms with Crippen LogP contribution in [0.4, 0.5) is 0 Å². The van der Waals surface area contributed by atoms with E-state index < -0.39 is 36.0 Å². The van der Waals surface area contributed by atoms with Crippen molar-refractivity contribution >= 4 is 29.3 Å². The zero-order chi connectivity index (χ0) is 15.7. The molecule has 1 unspecified atom stereocenters. The van der Waals surface area contributed by atoms with Crippen molar-refractivity contribution in [1.82, 2.24) is 4.90 Å². The summed E-state index contributed by atoms with van der Waals surface area (Å²) in [5, 5.41) is 19.2. The van der Waals surface area contributed by atoms with Crippen molar-refractivity contribution in [3.63, 3.8) is 0 Å². The largest absolute Gasteiger partial charge is 0.503 e. The normalized spacial score (nSPS) is 18.3. The maximum Gasteiger partial charge on any atom is 0.323 e. The van der Waals surface area contributed by atoms with Crippen LogP contribution in [-0.4, -0.2) is 39.3 Å². The van der Waals surface area contributed by atoms with Crippen molar-refractivity contribution in [2.24, 2.45) is 0 Å². The minimum absolute atomic E-state index is 0.108. The third-order valence-electron chi connectivity index (χ3n) is 3.17. The van der Waals surface area contributed by atoms with Crippen LogP contribution in [0.25, 0.3) is 0 Å². The van der Waals surface area contributed by atoms with Gasteiger partial charge in [0.05, 0.1) is 11.6 Å². The van der Waals surface area contributed by atoms with E-state index in [9.17, 15) is 19.5 Å². The molecule has 7 heteroatoms. The summed E-state index contributed by atoms with van der Waals surface area (Å²) in [7, 11) is 0. The van der Waals surface area contributed by atoms with E-state index in [1.54, 1.807) is 24.3 Å². The lowest BCUT2D eigenvalue weighted by Gasteiger charge is -2.24. The number of ketones is 1. The molecule has 21 heavy (non-hydrogen) atoms. The lowest BCUT2D eigenvalue weighted by Crippen LogP contribution is -2.35. The lowest BCUT2D eigenvalue weighted by molar-refractivity contribution is -0.144.